The van der Waals surface area contributed by atoms with Gasteiger partial charge in [-0.1, -0.05) is 64.7 Å². The van der Waals surface area contributed by atoms with Crippen molar-refractivity contribution in [2.24, 2.45) is 0 Å². The first-order valence-electron chi connectivity index (χ1n) is 8.46. The minimum absolute atomic E-state index is 0.388. The summed E-state index contributed by atoms with van der Waals surface area (Å²) in [4.78, 5) is 0. The normalized spacial score (nSPS) is 21.4. The van der Waals surface area contributed by atoms with Gasteiger partial charge in [0.15, 0.2) is 9.84 Å². The molecule has 0 amide bonds. The third-order valence-electron chi connectivity index (χ3n) is 4.04. The minimum atomic E-state index is -2.68. The minimum Gasteiger partial charge on any atom is -0.229 e. The van der Waals surface area contributed by atoms with E-state index in [1.54, 1.807) is 0 Å². The number of thioether (sulfide) groups is 1. The maximum Gasteiger partial charge on any atom is 0.151 e. The molecule has 20 heavy (non-hydrogen) atoms. The smallest absolute Gasteiger partial charge is 0.151 e. The number of hydrogen-bond acceptors (Lipinski definition) is 3. The lowest BCUT2D eigenvalue weighted by Crippen LogP contribution is -2.06. The Morgan fingerprint density at radius 3 is 1.95 bits per heavy atom. The van der Waals surface area contributed by atoms with Crippen LogP contribution < -0.4 is 0 Å². The number of sulfone groups is 1. The van der Waals surface area contributed by atoms with Crippen molar-refractivity contribution in [3.63, 3.8) is 0 Å². The molecule has 120 valence electrons. The van der Waals surface area contributed by atoms with Crippen LogP contribution in [0.4, 0.5) is 0 Å². The molecule has 0 aromatic carbocycles. The Morgan fingerprint density at radius 2 is 1.45 bits per heavy atom. The van der Waals surface area contributed by atoms with Gasteiger partial charge in [-0.3, -0.25) is 0 Å². The van der Waals surface area contributed by atoms with E-state index in [9.17, 15) is 8.42 Å². The van der Waals surface area contributed by atoms with E-state index in [1.165, 1.54) is 64.2 Å². The molecule has 2 nitrogen and oxygen atoms in total. The predicted molar refractivity (Wildman–Crippen MR) is 91.4 cm³/mol. The monoisotopic (exact) mass is 320 g/mol. The molecule has 0 aromatic heterocycles. The van der Waals surface area contributed by atoms with Gasteiger partial charge in [0, 0.05) is 5.25 Å². The van der Waals surface area contributed by atoms with E-state index >= 15 is 0 Å². The Balaban J connectivity index is 1.79. The highest BCUT2D eigenvalue weighted by molar-refractivity contribution is 8.01. The van der Waals surface area contributed by atoms with E-state index in [0.29, 0.717) is 16.8 Å². The van der Waals surface area contributed by atoms with Crippen molar-refractivity contribution in [2.45, 2.75) is 82.8 Å². The third kappa shape index (κ3) is 9.28. The summed E-state index contributed by atoms with van der Waals surface area (Å²) in [5.41, 5.74) is 0. The Bertz CT molecular complexity index is 325. The first-order chi connectivity index (χ1) is 9.64. The molecule has 1 atom stereocenters. The highest BCUT2D eigenvalue weighted by atomic mass is 32.2. The lowest BCUT2D eigenvalue weighted by molar-refractivity contribution is 0.563. The van der Waals surface area contributed by atoms with Crippen LogP contribution in [0.5, 0.6) is 0 Å². The van der Waals surface area contributed by atoms with Gasteiger partial charge in [-0.25, -0.2) is 8.42 Å². The summed E-state index contributed by atoms with van der Waals surface area (Å²) in [7, 11) is -2.68. The highest BCUT2D eigenvalue weighted by Gasteiger charge is 2.27. The second-order valence-electron chi connectivity index (χ2n) is 6.08. The molecular formula is C16H32O2S2. The maximum absolute atomic E-state index is 11.3. The molecule has 1 fully saturated rings. The summed E-state index contributed by atoms with van der Waals surface area (Å²) in [6.45, 7) is 2.26. The van der Waals surface area contributed by atoms with Crippen LogP contribution in [0.15, 0.2) is 0 Å². The van der Waals surface area contributed by atoms with E-state index in [0.717, 1.165) is 12.2 Å². The van der Waals surface area contributed by atoms with Gasteiger partial charge in [0.05, 0.1) is 11.5 Å². The topological polar surface area (TPSA) is 34.1 Å². The van der Waals surface area contributed by atoms with Crippen LogP contribution in [0.2, 0.25) is 0 Å². The van der Waals surface area contributed by atoms with Crippen molar-refractivity contribution in [1.29, 1.82) is 0 Å². The zero-order valence-corrected chi connectivity index (χ0v) is 14.7. The van der Waals surface area contributed by atoms with E-state index in [4.69, 9.17) is 0 Å². The van der Waals surface area contributed by atoms with Gasteiger partial charge in [-0.05, 0) is 18.6 Å². The lowest BCUT2D eigenvalue weighted by atomic mass is 10.1. The molecular weight excluding hydrogens is 288 g/mol. The average molecular weight is 321 g/mol. The molecule has 0 radical (unpaired) electrons. The molecule has 0 N–H and O–H groups in total. The van der Waals surface area contributed by atoms with Crippen molar-refractivity contribution in [1.82, 2.24) is 0 Å². The van der Waals surface area contributed by atoms with Crippen LogP contribution in [0.25, 0.3) is 0 Å². The molecule has 0 aromatic rings. The van der Waals surface area contributed by atoms with Gasteiger partial charge in [-0.15, -0.1) is 0 Å². The SMILES string of the molecule is CCCCCCCCCCCCS[C@@H]1CCS(=O)(=O)C1. The summed E-state index contributed by atoms with van der Waals surface area (Å²) in [6, 6.07) is 0. The van der Waals surface area contributed by atoms with E-state index in [2.05, 4.69) is 6.92 Å². The zero-order valence-electron chi connectivity index (χ0n) is 13.1. The van der Waals surface area contributed by atoms with Crippen LogP contribution in [-0.2, 0) is 9.84 Å². The lowest BCUT2D eigenvalue weighted by Gasteiger charge is -2.07. The highest BCUT2D eigenvalue weighted by Crippen LogP contribution is 2.25. The van der Waals surface area contributed by atoms with Gasteiger partial charge >= 0.3 is 0 Å². The number of unbranched alkanes of at least 4 members (excludes halogenated alkanes) is 9. The first kappa shape index (κ1) is 18.3. The molecule has 1 aliphatic rings. The molecule has 1 aliphatic heterocycles. The molecule has 1 heterocycles. The summed E-state index contributed by atoms with van der Waals surface area (Å²) in [6.07, 6.45) is 14.6. The van der Waals surface area contributed by atoms with E-state index in [1.807, 2.05) is 11.8 Å². The average Bonchev–Trinajstić information content (AvgIpc) is 2.75. The summed E-state index contributed by atoms with van der Waals surface area (Å²) >= 11 is 1.88. The van der Waals surface area contributed by atoms with Gasteiger partial charge in [0.1, 0.15) is 0 Å². The maximum atomic E-state index is 11.3. The second-order valence-corrected chi connectivity index (χ2v) is 9.71. The van der Waals surface area contributed by atoms with Crippen molar-refractivity contribution < 1.29 is 8.42 Å². The second kappa shape index (κ2) is 10.9. The molecule has 0 spiro atoms. The van der Waals surface area contributed by atoms with Crippen LogP contribution in [0.1, 0.15) is 77.6 Å². The van der Waals surface area contributed by atoms with Crippen LogP contribution in [-0.4, -0.2) is 30.9 Å². The fourth-order valence-electron chi connectivity index (χ4n) is 2.73. The summed E-state index contributed by atoms with van der Waals surface area (Å²) in [5, 5.41) is 0.388. The number of rotatable bonds is 12. The molecule has 0 saturated carbocycles. The van der Waals surface area contributed by atoms with Crippen molar-refractivity contribution in [3.05, 3.63) is 0 Å². The van der Waals surface area contributed by atoms with Crippen LogP contribution in [0, 0.1) is 0 Å². The predicted octanol–water partition coefficient (Wildman–Crippen LogP) is 4.83. The molecule has 0 bridgehead atoms. The van der Waals surface area contributed by atoms with Gasteiger partial charge < -0.3 is 0 Å². The number of hydrogen-bond donors (Lipinski definition) is 0. The Labute approximate surface area is 130 Å². The zero-order chi connectivity index (χ0) is 14.7. The van der Waals surface area contributed by atoms with Gasteiger partial charge in [0.2, 0.25) is 0 Å². The van der Waals surface area contributed by atoms with E-state index < -0.39 is 9.84 Å². The van der Waals surface area contributed by atoms with Gasteiger partial charge in [-0.2, -0.15) is 11.8 Å². The van der Waals surface area contributed by atoms with E-state index in [-0.39, 0.29) is 0 Å². The Hall–Kier alpha value is 0.300. The van der Waals surface area contributed by atoms with Crippen LogP contribution in [0.3, 0.4) is 0 Å². The fraction of sp³-hybridized carbons (Fsp3) is 1.00. The summed E-state index contributed by atoms with van der Waals surface area (Å²) in [5.74, 6) is 1.99. The molecule has 4 heteroatoms. The Morgan fingerprint density at radius 1 is 0.900 bits per heavy atom. The third-order valence-corrected chi connectivity index (χ3v) is 7.42. The molecule has 1 saturated heterocycles. The standard InChI is InChI=1S/C16H32O2S2/c1-2-3-4-5-6-7-8-9-10-11-13-19-16-12-14-20(17,18)15-16/h16H,2-15H2,1H3/t16-/m1/s1. The molecule has 1 rings (SSSR count). The summed E-state index contributed by atoms with van der Waals surface area (Å²) < 4.78 is 22.7. The van der Waals surface area contributed by atoms with Crippen molar-refractivity contribution in [3.8, 4) is 0 Å². The van der Waals surface area contributed by atoms with Crippen molar-refractivity contribution in [2.75, 3.05) is 17.3 Å². The van der Waals surface area contributed by atoms with Crippen LogP contribution >= 0.6 is 11.8 Å². The Kier molecular flexibility index (Phi) is 10.0. The largest absolute Gasteiger partial charge is 0.229 e. The van der Waals surface area contributed by atoms with Gasteiger partial charge in [0.25, 0.3) is 0 Å². The first-order valence-corrected chi connectivity index (χ1v) is 11.3. The molecule has 0 unspecified atom stereocenters. The molecule has 0 aliphatic carbocycles. The fourth-order valence-corrected chi connectivity index (χ4v) is 6.42. The quantitative estimate of drug-likeness (QED) is 0.483. The van der Waals surface area contributed by atoms with Crippen molar-refractivity contribution >= 4 is 21.6 Å².